The Morgan fingerprint density at radius 2 is 2.25 bits per heavy atom. The van der Waals surface area contributed by atoms with Crippen LogP contribution >= 0.6 is 0 Å². The van der Waals surface area contributed by atoms with Gasteiger partial charge in [-0.15, -0.1) is 0 Å². The van der Waals surface area contributed by atoms with Crippen LogP contribution in [-0.4, -0.2) is 30.5 Å². The molecule has 0 aliphatic carbocycles. The predicted octanol–water partition coefficient (Wildman–Crippen LogP) is 0.956. The maximum absolute atomic E-state index is 11.5. The van der Waals surface area contributed by atoms with E-state index < -0.39 is 6.43 Å². The van der Waals surface area contributed by atoms with Gasteiger partial charge in [-0.2, -0.15) is 0 Å². The first kappa shape index (κ1) is 5.95. The van der Waals surface area contributed by atoms with Crippen LogP contribution in [0, 0.1) is 0 Å². The average Bonchev–Trinajstić information content (AvgIpc) is 2.17. The van der Waals surface area contributed by atoms with E-state index in [1.54, 1.807) is 4.90 Å². The number of hydrogen-bond donors (Lipinski definition) is 0. The predicted molar refractivity (Wildman–Crippen MR) is 27.0 cm³/mol. The summed E-state index contributed by atoms with van der Waals surface area (Å²) in [7, 11) is 0. The second kappa shape index (κ2) is 1.97. The summed E-state index contributed by atoms with van der Waals surface area (Å²) in [5.41, 5.74) is 0. The number of hydrogen-bond acceptors (Lipinski definition) is 1. The first-order valence-electron chi connectivity index (χ1n) is 2.72. The van der Waals surface area contributed by atoms with Crippen LogP contribution in [0.15, 0.2) is 0 Å². The van der Waals surface area contributed by atoms with Gasteiger partial charge in [0, 0.05) is 12.6 Å². The minimum absolute atomic E-state index is 0.0405. The van der Waals surface area contributed by atoms with Crippen molar-refractivity contribution in [2.45, 2.75) is 19.4 Å². The number of nitrogens with zero attached hydrogens (tertiary/aromatic N) is 1. The van der Waals surface area contributed by atoms with Gasteiger partial charge in [0.15, 0.2) is 0 Å². The smallest absolute Gasteiger partial charge is 0.251 e. The summed E-state index contributed by atoms with van der Waals surface area (Å²) >= 11 is 0. The summed E-state index contributed by atoms with van der Waals surface area (Å²) in [5.74, 6) is 0. The Labute approximate surface area is 47.3 Å². The van der Waals surface area contributed by atoms with Crippen molar-refractivity contribution in [3.05, 3.63) is 0 Å². The molecule has 0 bridgehead atoms. The van der Waals surface area contributed by atoms with Crippen LogP contribution in [0.5, 0.6) is 0 Å². The lowest BCUT2D eigenvalue weighted by Gasteiger charge is -1.96. The fourth-order valence-electron chi connectivity index (χ4n) is 0.724. The zero-order chi connectivity index (χ0) is 6.15. The van der Waals surface area contributed by atoms with Gasteiger partial charge in [0.25, 0.3) is 6.43 Å². The van der Waals surface area contributed by atoms with Crippen LogP contribution in [-0.2, 0) is 0 Å². The molecule has 1 rings (SSSR count). The van der Waals surface area contributed by atoms with Crippen molar-refractivity contribution < 1.29 is 8.78 Å². The van der Waals surface area contributed by atoms with Gasteiger partial charge in [-0.1, -0.05) is 0 Å². The zero-order valence-corrected chi connectivity index (χ0v) is 4.77. The fourth-order valence-corrected chi connectivity index (χ4v) is 0.724. The first-order valence-corrected chi connectivity index (χ1v) is 2.72. The highest BCUT2D eigenvalue weighted by atomic mass is 19.3. The normalized spacial score (nSPS) is 36.0. The molecule has 1 nitrogen and oxygen atoms in total. The SMILES string of the molecule is CC1CN1CC(F)F. The molecule has 0 aromatic rings. The Kier molecular flexibility index (Phi) is 1.47. The van der Waals surface area contributed by atoms with Crippen molar-refractivity contribution in [1.29, 1.82) is 0 Å². The van der Waals surface area contributed by atoms with Crippen molar-refractivity contribution in [1.82, 2.24) is 4.90 Å². The van der Waals surface area contributed by atoms with Gasteiger partial charge in [0.05, 0.1) is 6.54 Å². The molecule has 0 amide bonds. The quantitative estimate of drug-likeness (QED) is 0.491. The summed E-state index contributed by atoms with van der Waals surface area (Å²) in [6.45, 7) is 2.76. The van der Waals surface area contributed by atoms with Crippen LogP contribution < -0.4 is 0 Å². The third-order valence-corrected chi connectivity index (χ3v) is 1.36. The minimum Gasteiger partial charge on any atom is -0.292 e. The number of rotatable bonds is 2. The summed E-state index contributed by atoms with van der Waals surface area (Å²) in [6.07, 6.45) is -2.15. The van der Waals surface area contributed by atoms with Crippen molar-refractivity contribution in [3.8, 4) is 0 Å². The standard InChI is InChI=1S/C5H9F2N/c1-4-2-8(4)3-5(6)7/h4-5H,2-3H2,1H3. The molecular weight excluding hydrogens is 112 g/mol. The van der Waals surface area contributed by atoms with Crippen molar-refractivity contribution >= 4 is 0 Å². The summed E-state index contributed by atoms with van der Waals surface area (Å²) < 4.78 is 22.9. The average molecular weight is 121 g/mol. The third-order valence-electron chi connectivity index (χ3n) is 1.36. The van der Waals surface area contributed by atoms with E-state index in [0.717, 1.165) is 6.54 Å². The molecule has 0 radical (unpaired) electrons. The summed E-state index contributed by atoms with van der Waals surface area (Å²) in [6, 6.07) is 0.406. The topological polar surface area (TPSA) is 3.01 Å². The number of alkyl halides is 2. The first-order chi connectivity index (χ1) is 3.70. The van der Waals surface area contributed by atoms with Crippen LogP contribution in [0.2, 0.25) is 0 Å². The highest BCUT2D eigenvalue weighted by Gasteiger charge is 2.30. The molecular formula is C5H9F2N. The Hall–Kier alpha value is -0.180. The van der Waals surface area contributed by atoms with Gasteiger partial charge in [0.2, 0.25) is 0 Å². The molecule has 0 N–H and O–H groups in total. The molecule has 1 aliphatic rings. The minimum atomic E-state index is -2.15. The molecule has 1 saturated heterocycles. The molecule has 48 valence electrons. The molecule has 2 unspecified atom stereocenters. The van der Waals surface area contributed by atoms with E-state index in [0.29, 0.717) is 6.04 Å². The van der Waals surface area contributed by atoms with E-state index in [9.17, 15) is 8.78 Å². The van der Waals surface area contributed by atoms with Gasteiger partial charge in [-0.05, 0) is 6.92 Å². The van der Waals surface area contributed by atoms with E-state index in [1.807, 2.05) is 6.92 Å². The molecule has 8 heavy (non-hydrogen) atoms. The van der Waals surface area contributed by atoms with Crippen LogP contribution in [0.1, 0.15) is 6.92 Å². The van der Waals surface area contributed by atoms with Crippen molar-refractivity contribution in [2.24, 2.45) is 0 Å². The van der Waals surface area contributed by atoms with Gasteiger partial charge >= 0.3 is 0 Å². The van der Waals surface area contributed by atoms with E-state index in [1.165, 1.54) is 0 Å². The van der Waals surface area contributed by atoms with Crippen molar-refractivity contribution in [3.63, 3.8) is 0 Å². The molecule has 0 aromatic carbocycles. The lowest BCUT2D eigenvalue weighted by atomic mass is 10.6. The molecule has 1 fully saturated rings. The van der Waals surface area contributed by atoms with Crippen LogP contribution in [0.3, 0.4) is 0 Å². The summed E-state index contributed by atoms with van der Waals surface area (Å²) in [5, 5.41) is 0. The molecule has 0 spiro atoms. The number of halogens is 2. The van der Waals surface area contributed by atoms with E-state index in [2.05, 4.69) is 0 Å². The van der Waals surface area contributed by atoms with Gasteiger partial charge in [0.1, 0.15) is 0 Å². The van der Waals surface area contributed by atoms with Gasteiger partial charge < -0.3 is 0 Å². The third kappa shape index (κ3) is 1.40. The molecule has 0 aromatic heterocycles. The Morgan fingerprint density at radius 1 is 1.75 bits per heavy atom. The molecule has 1 aliphatic heterocycles. The Balaban J connectivity index is 2.05. The lowest BCUT2D eigenvalue weighted by molar-refractivity contribution is 0.125. The van der Waals surface area contributed by atoms with E-state index in [-0.39, 0.29) is 6.54 Å². The second-order valence-corrected chi connectivity index (χ2v) is 2.19. The largest absolute Gasteiger partial charge is 0.292 e. The molecule has 0 saturated carbocycles. The van der Waals surface area contributed by atoms with Crippen LogP contribution in [0.4, 0.5) is 8.78 Å². The maximum atomic E-state index is 11.5. The molecule has 3 heteroatoms. The van der Waals surface area contributed by atoms with Crippen molar-refractivity contribution in [2.75, 3.05) is 13.1 Å². The zero-order valence-electron chi connectivity index (χ0n) is 4.77. The summed E-state index contributed by atoms with van der Waals surface area (Å²) in [4.78, 5) is 1.74. The van der Waals surface area contributed by atoms with Gasteiger partial charge in [-0.3, -0.25) is 4.90 Å². The second-order valence-electron chi connectivity index (χ2n) is 2.19. The Morgan fingerprint density at radius 3 is 2.38 bits per heavy atom. The molecule has 1 heterocycles. The monoisotopic (exact) mass is 121 g/mol. The van der Waals surface area contributed by atoms with Crippen LogP contribution in [0.25, 0.3) is 0 Å². The maximum Gasteiger partial charge on any atom is 0.251 e. The molecule has 2 atom stereocenters. The Bertz CT molecular complexity index is 84.5. The fraction of sp³-hybridized carbons (Fsp3) is 1.00. The highest BCUT2D eigenvalue weighted by Crippen LogP contribution is 2.16. The van der Waals surface area contributed by atoms with Gasteiger partial charge in [-0.25, -0.2) is 8.78 Å². The van der Waals surface area contributed by atoms with E-state index in [4.69, 9.17) is 0 Å². The van der Waals surface area contributed by atoms with E-state index >= 15 is 0 Å². The lowest BCUT2D eigenvalue weighted by Crippen LogP contribution is -2.10. The highest BCUT2D eigenvalue weighted by molar-refractivity contribution is 4.84.